The summed E-state index contributed by atoms with van der Waals surface area (Å²) in [6.45, 7) is 5.37. The van der Waals surface area contributed by atoms with Crippen molar-refractivity contribution in [3.8, 4) is 11.5 Å². The Labute approximate surface area is 246 Å². The van der Waals surface area contributed by atoms with Crippen LogP contribution in [0.1, 0.15) is 57.9 Å². The van der Waals surface area contributed by atoms with Crippen LogP contribution < -0.4 is 26.0 Å². The minimum absolute atomic E-state index is 0.0372. The van der Waals surface area contributed by atoms with Gasteiger partial charge >= 0.3 is 0 Å². The number of benzene rings is 1. The van der Waals surface area contributed by atoms with E-state index < -0.39 is 35.5 Å². The lowest BCUT2D eigenvalue weighted by Crippen LogP contribution is -2.57. The second-order valence-corrected chi connectivity index (χ2v) is 11.8. The van der Waals surface area contributed by atoms with Gasteiger partial charge in [0.05, 0.1) is 38.9 Å². The molecule has 5 N–H and O–H groups in total. The summed E-state index contributed by atoms with van der Waals surface area (Å²) in [5.74, 6) is -1.10. The monoisotopic (exact) mass is 588 g/mol. The molecule has 3 fully saturated rings. The quantitative estimate of drug-likeness (QED) is 0.197. The molecule has 1 aromatic rings. The Morgan fingerprint density at radius 2 is 1.83 bits per heavy atom. The Morgan fingerprint density at radius 1 is 1.12 bits per heavy atom. The van der Waals surface area contributed by atoms with E-state index in [9.17, 15) is 24.3 Å². The van der Waals surface area contributed by atoms with Gasteiger partial charge in [0.2, 0.25) is 17.7 Å². The van der Waals surface area contributed by atoms with Crippen molar-refractivity contribution >= 4 is 23.5 Å². The molecule has 0 spiro atoms. The first-order chi connectivity index (χ1) is 20.1. The van der Waals surface area contributed by atoms with Crippen molar-refractivity contribution < 1.29 is 38.5 Å². The molecule has 1 saturated carbocycles. The molecular weight excluding hydrogens is 544 g/mol. The third kappa shape index (κ3) is 8.65. The highest BCUT2D eigenvalue weighted by Gasteiger charge is 2.50. The fraction of sp³-hybridized carbons (Fsp3) is 0.667. The van der Waals surface area contributed by atoms with E-state index in [0.717, 1.165) is 32.2 Å². The topological polar surface area (TPSA) is 168 Å². The van der Waals surface area contributed by atoms with Crippen LogP contribution in [0, 0.1) is 5.92 Å². The van der Waals surface area contributed by atoms with Crippen molar-refractivity contribution in [2.45, 2.75) is 88.6 Å². The molecule has 0 radical (unpaired) electrons. The molecule has 3 aliphatic rings. The Hall–Kier alpha value is -3.22. The fourth-order valence-electron chi connectivity index (χ4n) is 5.63. The van der Waals surface area contributed by atoms with Gasteiger partial charge in [0.15, 0.2) is 17.3 Å². The van der Waals surface area contributed by atoms with Gasteiger partial charge in [-0.2, -0.15) is 0 Å². The van der Waals surface area contributed by atoms with Crippen molar-refractivity contribution in [1.82, 2.24) is 21.3 Å². The number of ether oxygens (including phenoxy) is 3. The summed E-state index contributed by atoms with van der Waals surface area (Å²) in [5, 5.41) is 21.8. The molecule has 3 amide bonds. The predicted octanol–water partition coefficient (Wildman–Crippen LogP) is 0.734. The number of phenols is 1. The van der Waals surface area contributed by atoms with Crippen LogP contribution in [0.4, 0.5) is 0 Å². The number of aromatic hydroxyl groups is 1. The molecule has 232 valence electrons. The second-order valence-electron chi connectivity index (χ2n) is 11.8. The normalized spacial score (nSPS) is 24.2. The Kier molecular flexibility index (Phi) is 10.8. The zero-order chi connectivity index (χ0) is 30.3. The number of morpholine rings is 1. The molecule has 1 aromatic carbocycles. The van der Waals surface area contributed by atoms with Crippen molar-refractivity contribution in [1.29, 1.82) is 0 Å². The molecule has 2 aliphatic heterocycles. The lowest BCUT2D eigenvalue weighted by Gasteiger charge is -2.27. The molecule has 1 unspecified atom stereocenters. The predicted molar refractivity (Wildman–Crippen MR) is 153 cm³/mol. The summed E-state index contributed by atoms with van der Waals surface area (Å²) in [4.78, 5) is 52.8. The summed E-state index contributed by atoms with van der Waals surface area (Å²) < 4.78 is 16.1. The maximum Gasteiger partial charge on any atom is 0.243 e. The number of rotatable bonds is 14. The lowest BCUT2D eigenvalue weighted by atomic mass is 9.90. The molecule has 0 aromatic heterocycles. The van der Waals surface area contributed by atoms with E-state index in [1.165, 1.54) is 13.2 Å². The highest BCUT2D eigenvalue weighted by molar-refractivity contribution is 5.98. The van der Waals surface area contributed by atoms with Gasteiger partial charge in [0.1, 0.15) is 17.7 Å². The Bertz CT molecular complexity index is 1130. The minimum atomic E-state index is -1.08. The first kappa shape index (κ1) is 31.7. The number of ketones is 1. The van der Waals surface area contributed by atoms with Gasteiger partial charge in [0.25, 0.3) is 0 Å². The van der Waals surface area contributed by atoms with Crippen molar-refractivity contribution in [3.63, 3.8) is 0 Å². The number of hydrogen-bond acceptors (Lipinski definition) is 9. The highest BCUT2D eigenvalue weighted by Crippen LogP contribution is 2.33. The van der Waals surface area contributed by atoms with E-state index in [-0.39, 0.29) is 42.1 Å². The van der Waals surface area contributed by atoms with Gasteiger partial charge in [-0.15, -0.1) is 0 Å². The SMILES string of the molecule is COc1ccc(C[C@H](NC(=O)[C@H](C)NC(=O)CC2CNCCO2)C(=O)N[C@@H](CC2CCCC2)C(=O)[C@@]2(C)CO2)cc1O. The molecule has 42 heavy (non-hydrogen) atoms. The lowest BCUT2D eigenvalue weighted by molar-refractivity contribution is -0.134. The van der Waals surface area contributed by atoms with E-state index in [4.69, 9.17) is 14.2 Å². The van der Waals surface area contributed by atoms with E-state index >= 15 is 0 Å². The van der Waals surface area contributed by atoms with Gasteiger partial charge in [-0.05, 0) is 43.9 Å². The third-order valence-electron chi connectivity index (χ3n) is 8.28. The van der Waals surface area contributed by atoms with Crippen LogP contribution in [0.3, 0.4) is 0 Å². The van der Waals surface area contributed by atoms with Crippen LogP contribution in [0.5, 0.6) is 11.5 Å². The molecule has 2 saturated heterocycles. The van der Waals surface area contributed by atoms with Crippen LogP contribution in [0.2, 0.25) is 0 Å². The summed E-state index contributed by atoms with van der Waals surface area (Å²) in [5.41, 5.74) is -0.337. The van der Waals surface area contributed by atoms with Crippen molar-refractivity contribution in [2.75, 3.05) is 33.4 Å². The molecule has 2 heterocycles. The molecule has 12 nitrogen and oxygen atoms in total. The first-order valence-corrected chi connectivity index (χ1v) is 14.8. The van der Waals surface area contributed by atoms with E-state index in [1.807, 2.05) is 0 Å². The number of hydrogen-bond donors (Lipinski definition) is 5. The van der Waals surface area contributed by atoms with E-state index in [2.05, 4.69) is 21.3 Å². The molecule has 4 rings (SSSR count). The number of epoxide rings is 1. The van der Waals surface area contributed by atoms with Crippen LogP contribution in [-0.2, 0) is 35.1 Å². The number of nitrogens with one attached hydrogen (secondary N) is 4. The maximum atomic E-state index is 13.7. The number of carbonyl (C=O) groups is 4. The average Bonchev–Trinajstić information content (AvgIpc) is 3.50. The molecule has 12 heteroatoms. The highest BCUT2D eigenvalue weighted by atomic mass is 16.6. The van der Waals surface area contributed by atoms with Gasteiger partial charge in [0, 0.05) is 19.5 Å². The Morgan fingerprint density at radius 3 is 2.45 bits per heavy atom. The number of amides is 3. The van der Waals surface area contributed by atoms with Crippen LogP contribution in [0.15, 0.2) is 18.2 Å². The first-order valence-electron chi connectivity index (χ1n) is 14.8. The average molecular weight is 589 g/mol. The largest absolute Gasteiger partial charge is 0.504 e. The molecular formula is C30H44N4O8. The second kappa shape index (κ2) is 14.3. The third-order valence-corrected chi connectivity index (χ3v) is 8.28. The van der Waals surface area contributed by atoms with Crippen molar-refractivity contribution in [3.05, 3.63) is 23.8 Å². The summed E-state index contributed by atoms with van der Waals surface area (Å²) >= 11 is 0. The van der Waals surface area contributed by atoms with Crippen LogP contribution >= 0.6 is 0 Å². The summed E-state index contributed by atoms with van der Waals surface area (Å²) in [7, 11) is 1.43. The number of phenolic OH excluding ortho intramolecular Hbond substituents is 1. The molecule has 0 bridgehead atoms. The van der Waals surface area contributed by atoms with Crippen LogP contribution in [-0.4, -0.2) is 91.9 Å². The number of carbonyl (C=O) groups excluding carboxylic acids is 4. The summed E-state index contributed by atoms with van der Waals surface area (Å²) in [6, 6.07) is 1.97. The van der Waals surface area contributed by atoms with Gasteiger partial charge < -0.3 is 40.6 Å². The smallest absolute Gasteiger partial charge is 0.243 e. The molecule has 1 aliphatic carbocycles. The minimum Gasteiger partial charge on any atom is -0.504 e. The zero-order valence-corrected chi connectivity index (χ0v) is 24.7. The van der Waals surface area contributed by atoms with Gasteiger partial charge in [-0.25, -0.2) is 0 Å². The number of methoxy groups -OCH3 is 1. The van der Waals surface area contributed by atoms with Crippen molar-refractivity contribution in [2.24, 2.45) is 5.92 Å². The maximum absolute atomic E-state index is 13.7. The molecule has 5 atom stereocenters. The van der Waals surface area contributed by atoms with Gasteiger partial charge in [-0.3, -0.25) is 19.2 Å². The number of Topliss-reactive ketones (excluding diaryl/α,β-unsaturated/α-hetero) is 1. The van der Waals surface area contributed by atoms with E-state index in [0.29, 0.717) is 37.7 Å². The van der Waals surface area contributed by atoms with E-state index in [1.54, 1.807) is 26.0 Å². The standard InChI is InChI=1S/C30H44N4O8/c1-18(32-26(36)15-21-16-31-10-11-41-21)28(38)34-23(13-20-8-9-25(40-3)24(35)14-20)29(39)33-22(12-19-6-4-5-7-19)27(37)30(2)17-42-30/h8-9,14,18-19,21-23,31,35H,4-7,10-13,15-17H2,1-3H3,(H,32,36)(H,33,39)(H,34,38)/t18-,21?,22-,23-,30+/m0/s1. The van der Waals surface area contributed by atoms with Gasteiger partial charge in [-0.1, -0.05) is 31.7 Å². The van der Waals surface area contributed by atoms with Crippen LogP contribution in [0.25, 0.3) is 0 Å². The Balaban J connectivity index is 1.46. The zero-order valence-electron chi connectivity index (χ0n) is 24.7. The fourth-order valence-corrected chi connectivity index (χ4v) is 5.63. The summed E-state index contributed by atoms with van der Waals surface area (Å²) in [6.07, 6.45) is 4.57.